The van der Waals surface area contributed by atoms with E-state index in [1.807, 2.05) is 0 Å². The van der Waals surface area contributed by atoms with Crippen LogP contribution in [-0.2, 0) is 26.1 Å². The maximum atomic E-state index is 14.8. The summed E-state index contributed by atoms with van der Waals surface area (Å²) in [7, 11) is 6.37. The molecule has 3 aromatic rings. The number of aromatic nitrogens is 2. The highest BCUT2D eigenvalue weighted by atomic mass is 35.5. The first-order valence-electron chi connectivity index (χ1n) is 13.6. The van der Waals surface area contributed by atoms with Gasteiger partial charge in [-0.3, -0.25) is 23.7 Å². The van der Waals surface area contributed by atoms with Crippen LogP contribution < -0.4 is 26.8 Å². The molecule has 46 heavy (non-hydrogen) atoms. The third kappa shape index (κ3) is 10.8. The Morgan fingerprint density at radius 3 is 2.41 bits per heavy atom. The highest BCUT2D eigenvalue weighted by molar-refractivity contribution is 6.34. The Balaban J connectivity index is 0.00000173. The van der Waals surface area contributed by atoms with Crippen LogP contribution in [0.25, 0.3) is 11.3 Å². The van der Waals surface area contributed by atoms with E-state index in [2.05, 4.69) is 20.4 Å². The maximum absolute atomic E-state index is 14.8. The van der Waals surface area contributed by atoms with E-state index >= 15 is 0 Å². The summed E-state index contributed by atoms with van der Waals surface area (Å²) in [4.78, 5) is 49.5. The number of nitrogens with one attached hydrogen (secondary N) is 2. The number of nitrogens with two attached hydrogens (primary N) is 2. The molecule has 0 unspecified atom stereocenters. The van der Waals surface area contributed by atoms with Crippen LogP contribution in [0.15, 0.2) is 36.5 Å². The van der Waals surface area contributed by atoms with Crippen molar-refractivity contribution in [1.29, 1.82) is 0 Å². The summed E-state index contributed by atoms with van der Waals surface area (Å²) in [5.74, 6) is -4.22. The quantitative estimate of drug-likeness (QED) is 0.0808. The molecule has 0 fully saturated rings. The Morgan fingerprint density at radius 2 is 1.80 bits per heavy atom. The molecule has 0 bridgehead atoms. The smallest absolute Gasteiger partial charge is 0.292 e. The molecule has 6 N–H and O–H groups in total. The van der Waals surface area contributed by atoms with Gasteiger partial charge in [0, 0.05) is 31.4 Å². The molecule has 0 saturated heterocycles. The van der Waals surface area contributed by atoms with Crippen LogP contribution in [-0.4, -0.2) is 99.0 Å². The van der Waals surface area contributed by atoms with Crippen molar-refractivity contribution in [3.8, 4) is 17.0 Å². The molecule has 17 heteroatoms. The topological polar surface area (TPSA) is 190 Å². The highest BCUT2D eigenvalue weighted by Gasteiger charge is 2.22. The maximum Gasteiger partial charge on any atom is 0.292 e. The van der Waals surface area contributed by atoms with Gasteiger partial charge in [0.15, 0.2) is 30.7 Å². The Hall–Kier alpha value is -4.64. The Morgan fingerprint density at radius 1 is 1.11 bits per heavy atom. The molecule has 3 amide bonds. The zero-order valence-electron chi connectivity index (χ0n) is 25.8. The number of likely N-dealkylation sites (N-methyl/N-ethyl adjacent to an activating group) is 1. The van der Waals surface area contributed by atoms with E-state index in [0.29, 0.717) is 6.47 Å². The minimum atomic E-state index is -1.18. The molecule has 0 radical (unpaired) electrons. The number of ether oxygens (including phenoxy) is 3. The molecule has 14 nitrogen and oxygen atoms in total. The van der Waals surface area contributed by atoms with Crippen LogP contribution >= 0.6 is 11.6 Å². The zero-order valence-corrected chi connectivity index (χ0v) is 26.5. The number of halogens is 3. The van der Waals surface area contributed by atoms with Crippen molar-refractivity contribution >= 4 is 41.5 Å². The fourth-order valence-electron chi connectivity index (χ4n) is 3.96. The van der Waals surface area contributed by atoms with Crippen molar-refractivity contribution in [1.82, 2.24) is 14.9 Å². The van der Waals surface area contributed by atoms with Gasteiger partial charge in [0.1, 0.15) is 6.61 Å². The molecule has 1 aromatic heterocycles. The standard InChI is InChI=1S/C27H32ClF2N7O5.C2H4O2/c1-36-20(18-6-7-21(42-10-8-31)24(30)23(18)29)13-34-25(36)27(40)35-16-4-5-17(19(28)12-16)26(39)33-9-11-41-15-37(2,3)14-22(32)38;1-4-2-3/h4-7,12-13H,8-11,14-15,31H2,1-3H3,(H3-,32,33,35,38,39,40);2H,1H3/p+1. The van der Waals surface area contributed by atoms with Gasteiger partial charge >= 0.3 is 0 Å². The minimum absolute atomic E-state index is 0.0231. The number of anilines is 1. The molecular weight excluding hydrogens is 632 g/mol. The molecule has 0 aliphatic heterocycles. The van der Waals surface area contributed by atoms with E-state index in [0.717, 1.165) is 0 Å². The third-order valence-corrected chi connectivity index (χ3v) is 6.33. The van der Waals surface area contributed by atoms with Crippen LogP contribution in [0, 0.1) is 11.6 Å². The zero-order chi connectivity index (χ0) is 34.4. The summed E-state index contributed by atoms with van der Waals surface area (Å²) in [6.45, 7) is 1.28. The molecule has 0 spiro atoms. The number of quaternary nitrogens is 1. The number of hydrogen-bond donors (Lipinski definition) is 4. The predicted octanol–water partition coefficient (Wildman–Crippen LogP) is 1.66. The largest absolute Gasteiger partial charge is 0.489 e. The van der Waals surface area contributed by atoms with Crippen molar-refractivity contribution in [2.24, 2.45) is 18.5 Å². The molecule has 0 aliphatic rings. The van der Waals surface area contributed by atoms with Gasteiger partial charge in [-0.2, -0.15) is 4.39 Å². The van der Waals surface area contributed by atoms with Crippen molar-refractivity contribution in [3.05, 3.63) is 64.6 Å². The lowest BCUT2D eigenvalue weighted by Gasteiger charge is -2.27. The minimum Gasteiger partial charge on any atom is -0.489 e. The van der Waals surface area contributed by atoms with Crippen LogP contribution in [0.5, 0.6) is 5.75 Å². The average Bonchev–Trinajstić information content (AvgIpc) is 3.38. The summed E-state index contributed by atoms with van der Waals surface area (Å²) >= 11 is 6.29. The average molecular weight is 669 g/mol. The van der Waals surface area contributed by atoms with Crippen molar-refractivity contribution in [3.63, 3.8) is 0 Å². The first-order chi connectivity index (χ1) is 21.8. The molecule has 3 rings (SSSR count). The fraction of sp³-hybridized carbons (Fsp3) is 0.345. The number of amides is 3. The normalized spacial score (nSPS) is 10.8. The van der Waals surface area contributed by atoms with E-state index in [-0.39, 0.29) is 83.2 Å². The van der Waals surface area contributed by atoms with Gasteiger partial charge in [0.25, 0.3) is 24.2 Å². The third-order valence-electron chi connectivity index (χ3n) is 6.01. The second-order valence-corrected chi connectivity index (χ2v) is 10.6. The number of benzene rings is 2. The van der Waals surface area contributed by atoms with Gasteiger partial charge in [-0.1, -0.05) is 11.6 Å². The van der Waals surface area contributed by atoms with E-state index < -0.39 is 29.4 Å². The fourth-order valence-corrected chi connectivity index (χ4v) is 4.22. The summed E-state index contributed by atoms with van der Waals surface area (Å²) in [5.41, 5.74) is 11.1. The summed E-state index contributed by atoms with van der Waals surface area (Å²) in [6.07, 6.45) is 1.25. The molecule has 0 aliphatic carbocycles. The van der Waals surface area contributed by atoms with E-state index in [1.165, 1.54) is 55.3 Å². The van der Waals surface area contributed by atoms with E-state index in [4.69, 9.17) is 37.3 Å². The second-order valence-electron chi connectivity index (χ2n) is 10.2. The van der Waals surface area contributed by atoms with Crippen molar-refractivity contribution in [2.45, 2.75) is 0 Å². The SMILES string of the molecule is COC=O.Cn1c(-c2ccc(OCCN)c(F)c2F)cnc1C(=O)Nc1ccc(C(=O)NCCOC[N+](C)(C)CC(N)=O)c(Cl)c1. The molecule has 0 saturated carbocycles. The number of methoxy groups -OCH3 is 1. The Kier molecular flexibility index (Phi) is 14.5. The lowest BCUT2D eigenvalue weighted by Crippen LogP contribution is -2.47. The number of imidazole rings is 1. The van der Waals surface area contributed by atoms with Crippen LogP contribution in [0.1, 0.15) is 21.0 Å². The van der Waals surface area contributed by atoms with Gasteiger partial charge in [-0.05, 0) is 30.3 Å². The molecule has 1 heterocycles. The van der Waals surface area contributed by atoms with E-state index in [1.54, 1.807) is 14.1 Å². The van der Waals surface area contributed by atoms with Crippen molar-refractivity contribution < 1.29 is 46.7 Å². The Bertz CT molecular complexity index is 1540. The van der Waals surface area contributed by atoms with E-state index in [9.17, 15) is 23.2 Å². The molecule has 2 aromatic carbocycles. The molecular formula is C29H37ClF2N7O7+. The van der Waals surface area contributed by atoms with Crippen LogP contribution in [0.3, 0.4) is 0 Å². The summed E-state index contributed by atoms with van der Waals surface area (Å²) < 4.78 is 45.2. The van der Waals surface area contributed by atoms with Gasteiger partial charge in [-0.25, -0.2) is 9.37 Å². The molecule has 0 atom stereocenters. The van der Waals surface area contributed by atoms with Crippen molar-refractivity contribution in [2.75, 3.05) is 66.1 Å². The number of rotatable bonds is 15. The number of carbonyl (C=O) groups excluding carboxylic acids is 4. The van der Waals surface area contributed by atoms with Crippen LogP contribution in [0.2, 0.25) is 5.02 Å². The predicted molar refractivity (Wildman–Crippen MR) is 165 cm³/mol. The highest BCUT2D eigenvalue weighted by Crippen LogP contribution is 2.30. The second kappa shape index (κ2) is 17.7. The number of carbonyl (C=O) groups is 4. The summed E-state index contributed by atoms with van der Waals surface area (Å²) in [6, 6.07) is 6.92. The monoisotopic (exact) mass is 668 g/mol. The van der Waals surface area contributed by atoms with Gasteiger partial charge in [0.2, 0.25) is 5.82 Å². The lowest BCUT2D eigenvalue weighted by molar-refractivity contribution is -0.902. The van der Waals surface area contributed by atoms with Gasteiger partial charge in [-0.15, -0.1) is 0 Å². The number of nitrogens with zero attached hydrogens (tertiary/aromatic N) is 3. The lowest BCUT2D eigenvalue weighted by atomic mass is 10.1. The Labute approximate surface area is 269 Å². The molecule has 250 valence electrons. The van der Waals surface area contributed by atoms with Gasteiger partial charge in [0.05, 0.1) is 50.3 Å². The summed E-state index contributed by atoms with van der Waals surface area (Å²) in [5, 5.41) is 5.39. The number of hydrogen-bond acceptors (Lipinski definition) is 9. The first kappa shape index (κ1) is 37.5. The van der Waals surface area contributed by atoms with Crippen LogP contribution in [0.4, 0.5) is 14.5 Å². The first-order valence-corrected chi connectivity index (χ1v) is 14.0. The van der Waals surface area contributed by atoms with Gasteiger partial charge < -0.3 is 40.9 Å². The number of primary amides is 1.